The summed E-state index contributed by atoms with van der Waals surface area (Å²) < 4.78 is 1.83. The van der Waals surface area contributed by atoms with E-state index in [1.165, 1.54) is 18.2 Å². The number of benzene rings is 3. The van der Waals surface area contributed by atoms with Crippen LogP contribution in [-0.2, 0) is 0 Å². The Kier molecular flexibility index (Phi) is 5.11. The van der Waals surface area contributed by atoms with Crippen LogP contribution in [0.5, 0.6) is 0 Å². The Morgan fingerprint density at radius 1 is 1.03 bits per heavy atom. The van der Waals surface area contributed by atoms with Crippen molar-refractivity contribution in [1.29, 1.82) is 0 Å². The second kappa shape index (κ2) is 7.88. The summed E-state index contributed by atoms with van der Waals surface area (Å²) in [5.41, 5.74) is 3.00. The second-order valence-electron chi connectivity index (χ2n) is 6.35. The number of carbonyl (C=O) groups is 1. The van der Waals surface area contributed by atoms with Crippen molar-refractivity contribution in [1.82, 2.24) is 9.66 Å². The van der Waals surface area contributed by atoms with E-state index in [1.54, 1.807) is 54.6 Å². The number of nitrogens with zero attached hydrogens (tertiary/aromatic N) is 3. The molecule has 0 unspecified atom stereocenters. The number of amides is 1. The van der Waals surface area contributed by atoms with Gasteiger partial charge in [0.05, 0.1) is 15.8 Å². The normalized spacial score (nSPS) is 10.7. The lowest BCUT2D eigenvalue weighted by atomic mass is 10.1. The van der Waals surface area contributed by atoms with Crippen molar-refractivity contribution in [2.45, 2.75) is 0 Å². The van der Waals surface area contributed by atoms with Gasteiger partial charge < -0.3 is 0 Å². The number of nitro benzene ring substituents is 1. The van der Waals surface area contributed by atoms with Crippen LogP contribution < -0.4 is 11.0 Å². The molecule has 0 fully saturated rings. The van der Waals surface area contributed by atoms with Crippen LogP contribution >= 0.6 is 15.9 Å². The summed E-state index contributed by atoms with van der Waals surface area (Å²) >= 11 is 3.31. The molecule has 1 N–H and O–H groups in total. The monoisotopic (exact) mass is 464 g/mol. The molecule has 1 heterocycles. The lowest BCUT2D eigenvalue weighted by Crippen LogP contribution is -2.35. The molecule has 0 aliphatic heterocycles. The van der Waals surface area contributed by atoms with E-state index in [4.69, 9.17) is 0 Å². The van der Waals surface area contributed by atoms with Crippen LogP contribution in [0.2, 0.25) is 0 Å². The maximum absolute atomic E-state index is 13.1. The van der Waals surface area contributed by atoms with Crippen LogP contribution in [0.4, 0.5) is 5.69 Å². The number of rotatable bonds is 4. The van der Waals surface area contributed by atoms with E-state index < -0.39 is 16.4 Å². The number of carbonyl (C=O) groups excluding carboxylic acids is 1. The minimum atomic E-state index is -0.534. The fourth-order valence-electron chi connectivity index (χ4n) is 2.96. The molecular formula is C21H13BrN4O4. The summed E-state index contributed by atoms with van der Waals surface area (Å²) in [6, 6.07) is 19.0. The Morgan fingerprint density at radius 2 is 1.77 bits per heavy atom. The van der Waals surface area contributed by atoms with Crippen LogP contribution in [0.3, 0.4) is 0 Å². The zero-order valence-electron chi connectivity index (χ0n) is 15.3. The average molecular weight is 465 g/mol. The summed E-state index contributed by atoms with van der Waals surface area (Å²) in [5.74, 6) is -0.429. The maximum Gasteiger partial charge on any atom is 0.280 e. The highest BCUT2D eigenvalue weighted by Gasteiger charge is 2.17. The minimum absolute atomic E-state index is 0.0906. The number of halogens is 1. The van der Waals surface area contributed by atoms with Crippen molar-refractivity contribution in [3.63, 3.8) is 0 Å². The molecule has 148 valence electrons. The third-order valence-electron chi connectivity index (χ3n) is 4.41. The topological polar surface area (TPSA) is 107 Å². The van der Waals surface area contributed by atoms with E-state index in [0.717, 1.165) is 9.15 Å². The molecule has 0 radical (unpaired) electrons. The van der Waals surface area contributed by atoms with Crippen LogP contribution in [-0.4, -0.2) is 20.5 Å². The number of hydrogen-bond acceptors (Lipinski definition) is 5. The van der Waals surface area contributed by atoms with E-state index in [-0.39, 0.29) is 11.5 Å². The highest BCUT2D eigenvalue weighted by molar-refractivity contribution is 9.10. The first-order chi connectivity index (χ1) is 14.4. The third kappa shape index (κ3) is 3.70. The molecule has 3 aromatic carbocycles. The third-order valence-corrected chi connectivity index (χ3v) is 4.94. The lowest BCUT2D eigenvalue weighted by molar-refractivity contribution is -0.384. The average Bonchev–Trinajstić information content (AvgIpc) is 2.76. The van der Waals surface area contributed by atoms with E-state index in [9.17, 15) is 19.7 Å². The van der Waals surface area contributed by atoms with Gasteiger partial charge in [0.2, 0.25) is 0 Å². The number of hydrogen-bond donors (Lipinski definition) is 1. The summed E-state index contributed by atoms with van der Waals surface area (Å²) in [7, 11) is 0. The molecule has 0 aliphatic carbocycles. The van der Waals surface area contributed by atoms with Gasteiger partial charge >= 0.3 is 0 Å². The highest BCUT2D eigenvalue weighted by atomic mass is 79.9. The van der Waals surface area contributed by atoms with Crippen molar-refractivity contribution >= 4 is 38.4 Å². The Morgan fingerprint density at radius 3 is 2.50 bits per heavy atom. The molecule has 0 aliphatic rings. The molecule has 0 saturated carbocycles. The fraction of sp³-hybridized carbons (Fsp3) is 0. The van der Waals surface area contributed by atoms with Crippen molar-refractivity contribution < 1.29 is 9.72 Å². The van der Waals surface area contributed by atoms with Crippen LogP contribution in [0.1, 0.15) is 10.4 Å². The van der Waals surface area contributed by atoms with Crippen LogP contribution in [0.25, 0.3) is 22.3 Å². The minimum Gasteiger partial charge on any atom is -0.267 e. The van der Waals surface area contributed by atoms with Crippen LogP contribution in [0.15, 0.2) is 82.1 Å². The molecule has 0 saturated heterocycles. The van der Waals surface area contributed by atoms with Gasteiger partial charge in [-0.05, 0) is 36.4 Å². The van der Waals surface area contributed by atoms with E-state index in [0.29, 0.717) is 22.0 Å². The van der Waals surface area contributed by atoms with Gasteiger partial charge in [-0.15, -0.1) is 0 Å². The van der Waals surface area contributed by atoms with Crippen molar-refractivity contribution in [2.75, 3.05) is 5.43 Å². The van der Waals surface area contributed by atoms with Gasteiger partial charge in [0, 0.05) is 27.7 Å². The SMILES string of the molecule is O=C(Nn1c(-c2cccc([N+](=O)[O-])c2)nc2ccccc2c1=O)c1ccc(Br)cc1. The first-order valence-electron chi connectivity index (χ1n) is 8.77. The summed E-state index contributed by atoms with van der Waals surface area (Å²) in [6.07, 6.45) is 0. The molecule has 1 aromatic heterocycles. The summed E-state index contributed by atoms with van der Waals surface area (Å²) in [4.78, 5) is 41.0. The van der Waals surface area contributed by atoms with Gasteiger partial charge in [-0.2, -0.15) is 4.68 Å². The second-order valence-corrected chi connectivity index (χ2v) is 7.26. The number of non-ortho nitro benzene ring substituents is 1. The van der Waals surface area contributed by atoms with Gasteiger partial charge in [-0.25, -0.2) is 4.98 Å². The van der Waals surface area contributed by atoms with Gasteiger partial charge in [0.15, 0.2) is 5.82 Å². The largest absolute Gasteiger partial charge is 0.280 e. The fourth-order valence-corrected chi connectivity index (χ4v) is 3.22. The molecule has 30 heavy (non-hydrogen) atoms. The number of aromatic nitrogens is 2. The number of nitro groups is 1. The van der Waals surface area contributed by atoms with Gasteiger partial charge in [-0.3, -0.25) is 25.1 Å². The predicted molar refractivity (Wildman–Crippen MR) is 116 cm³/mol. The van der Waals surface area contributed by atoms with Crippen molar-refractivity contribution in [2.24, 2.45) is 0 Å². The molecule has 4 aromatic rings. The number of nitrogens with one attached hydrogen (secondary N) is 1. The molecule has 1 amide bonds. The molecule has 9 heteroatoms. The van der Waals surface area contributed by atoms with Gasteiger partial charge in [0.1, 0.15) is 0 Å². The Balaban J connectivity index is 1.89. The molecule has 8 nitrogen and oxygen atoms in total. The van der Waals surface area contributed by atoms with Gasteiger partial charge in [-0.1, -0.05) is 40.2 Å². The zero-order valence-corrected chi connectivity index (χ0v) is 16.9. The summed E-state index contributed by atoms with van der Waals surface area (Å²) in [5, 5.41) is 11.5. The molecular weight excluding hydrogens is 452 g/mol. The summed E-state index contributed by atoms with van der Waals surface area (Å²) in [6.45, 7) is 0. The number of fused-ring (bicyclic) bond motifs is 1. The Hall–Kier alpha value is -3.85. The van der Waals surface area contributed by atoms with Gasteiger partial charge in [0.25, 0.3) is 17.2 Å². The molecule has 0 spiro atoms. The quantitative estimate of drug-likeness (QED) is 0.361. The van der Waals surface area contributed by atoms with E-state index >= 15 is 0 Å². The lowest BCUT2D eigenvalue weighted by Gasteiger charge is -2.14. The Labute approximate surface area is 178 Å². The molecule has 0 atom stereocenters. The highest BCUT2D eigenvalue weighted by Crippen LogP contribution is 2.23. The standard InChI is InChI=1S/C21H13BrN4O4/c22-15-10-8-13(9-11-15)20(27)24-25-19(14-4-3-5-16(12-14)26(29)30)23-18-7-2-1-6-17(18)21(25)28/h1-12H,(H,24,27). The van der Waals surface area contributed by atoms with E-state index in [2.05, 4.69) is 26.3 Å². The molecule has 0 bridgehead atoms. The van der Waals surface area contributed by atoms with E-state index in [1.807, 2.05) is 0 Å². The first kappa shape index (κ1) is 19.5. The van der Waals surface area contributed by atoms with Crippen molar-refractivity contribution in [3.8, 4) is 11.4 Å². The van der Waals surface area contributed by atoms with Crippen molar-refractivity contribution in [3.05, 3.63) is 103 Å². The molecule has 4 rings (SSSR count). The maximum atomic E-state index is 13.1. The number of para-hydroxylation sites is 1. The zero-order chi connectivity index (χ0) is 21.3. The first-order valence-corrected chi connectivity index (χ1v) is 9.57. The smallest absolute Gasteiger partial charge is 0.267 e. The predicted octanol–water partition coefficient (Wildman–Crippen LogP) is 4.12. The Bertz CT molecular complexity index is 1350. The van der Waals surface area contributed by atoms with Crippen LogP contribution in [0, 0.1) is 10.1 Å².